The molecule has 1 aromatic rings. The van der Waals surface area contributed by atoms with Crippen molar-refractivity contribution in [1.29, 1.82) is 0 Å². The molecule has 0 bridgehead atoms. The lowest BCUT2D eigenvalue weighted by Gasteiger charge is -2.14. The number of amides is 3. The number of carboxylic acid groups (broad SMARTS) is 1. The minimum atomic E-state index is -1.15. The molecule has 1 saturated heterocycles. The van der Waals surface area contributed by atoms with E-state index in [2.05, 4.69) is 0 Å². The molecule has 0 radical (unpaired) electrons. The zero-order valence-corrected chi connectivity index (χ0v) is 10.9. The number of imide groups is 1. The van der Waals surface area contributed by atoms with Crippen molar-refractivity contribution in [3.05, 3.63) is 35.9 Å². The predicted octanol–water partition coefficient (Wildman–Crippen LogP) is 1.14. The van der Waals surface area contributed by atoms with Gasteiger partial charge in [-0.1, -0.05) is 30.3 Å². The molecule has 20 heavy (non-hydrogen) atoms. The van der Waals surface area contributed by atoms with Gasteiger partial charge in [-0.3, -0.25) is 0 Å². The summed E-state index contributed by atoms with van der Waals surface area (Å²) in [6, 6.07) is 7.30. The number of carbonyl (C=O) groups excluding carboxylic acids is 2. The van der Waals surface area contributed by atoms with E-state index in [4.69, 9.17) is 9.84 Å². The predicted molar refractivity (Wildman–Crippen MR) is 67.9 cm³/mol. The molecule has 7 nitrogen and oxygen atoms in total. The number of nitrogens with zero attached hydrogens (tertiary/aromatic N) is 2. The fourth-order valence-electron chi connectivity index (χ4n) is 1.89. The number of hydrogen-bond acceptors (Lipinski definition) is 4. The van der Waals surface area contributed by atoms with E-state index >= 15 is 0 Å². The number of benzene rings is 1. The van der Waals surface area contributed by atoms with Crippen molar-refractivity contribution in [2.24, 2.45) is 0 Å². The summed E-state index contributed by atoms with van der Waals surface area (Å²) < 4.78 is 5.01. The number of aliphatic carboxylic acids is 1. The monoisotopic (exact) mass is 278 g/mol. The number of hydrogen-bond donors (Lipinski definition) is 1. The summed E-state index contributed by atoms with van der Waals surface area (Å²) in [6.45, 7) is -0.177. The number of rotatable bonds is 3. The molecule has 1 N–H and O–H groups in total. The fraction of sp³-hybridized carbons (Fsp3) is 0.308. The van der Waals surface area contributed by atoms with Gasteiger partial charge in [0.05, 0.1) is 6.54 Å². The fourth-order valence-corrected chi connectivity index (χ4v) is 1.89. The second-order valence-electron chi connectivity index (χ2n) is 4.40. The number of urea groups is 1. The van der Waals surface area contributed by atoms with Crippen LogP contribution < -0.4 is 0 Å². The molecule has 0 unspecified atom stereocenters. The molecule has 0 aromatic heterocycles. The Morgan fingerprint density at radius 1 is 1.35 bits per heavy atom. The van der Waals surface area contributed by atoms with E-state index in [1.165, 1.54) is 7.05 Å². The number of likely N-dealkylation sites (N-methyl/N-ethyl adjacent to an activating group) is 1. The number of carboxylic acids is 1. The summed E-state index contributed by atoms with van der Waals surface area (Å²) in [7, 11) is 1.34. The zero-order chi connectivity index (χ0) is 14.7. The van der Waals surface area contributed by atoms with Gasteiger partial charge in [0.15, 0.2) is 0 Å². The normalized spacial score (nSPS) is 18.2. The highest BCUT2D eigenvalue weighted by Crippen LogP contribution is 2.16. The summed E-state index contributed by atoms with van der Waals surface area (Å²) in [5, 5.41) is 8.94. The maximum atomic E-state index is 11.8. The van der Waals surface area contributed by atoms with E-state index in [9.17, 15) is 14.4 Å². The molecule has 1 atom stereocenters. The van der Waals surface area contributed by atoms with Gasteiger partial charge in [0, 0.05) is 7.05 Å². The molecule has 1 aliphatic heterocycles. The summed E-state index contributed by atoms with van der Waals surface area (Å²) in [5.74, 6) is -1.15. The summed E-state index contributed by atoms with van der Waals surface area (Å²) in [5.41, 5.74) is 0.788. The molecule has 0 spiro atoms. The lowest BCUT2D eigenvalue weighted by Crippen LogP contribution is -2.36. The van der Waals surface area contributed by atoms with Gasteiger partial charge in [-0.05, 0) is 5.56 Å². The highest BCUT2D eigenvalue weighted by atomic mass is 16.6. The second kappa shape index (κ2) is 5.60. The van der Waals surface area contributed by atoms with Gasteiger partial charge in [0.2, 0.25) is 0 Å². The quantitative estimate of drug-likeness (QED) is 0.896. The Morgan fingerprint density at radius 3 is 2.55 bits per heavy atom. The lowest BCUT2D eigenvalue weighted by molar-refractivity contribution is -0.140. The Balaban J connectivity index is 1.96. The van der Waals surface area contributed by atoms with Crippen LogP contribution in [-0.2, 0) is 16.1 Å². The number of ether oxygens (including phenoxy) is 1. The number of carbonyl (C=O) groups is 3. The Labute approximate surface area is 115 Å². The van der Waals surface area contributed by atoms with Crippen molar-refractivity contribution in [3.63, 3.8) is 0 Å². The molecule has 7 heteroatoms. The first-order valence-electron chi connectivity index (χ1n) is 5.98. The Bertz CT molecular complexity index is 531. The first-order chi connectivity index (χ1) is 9.50. The second-order valence-corrected chi connectivity index (χ2v) is 4.40. The molecular formula is C13H14N2O5. The Hall–Kier alpha value is -2.57. The van der Waals surface area contributed by atoms with Gasteiger partial charge < -0.3 is 14.7 Å². The molecule has 3 amide bonds. The van der Waals surface area contributed by atoms with Crippen LogP contribution >= 0.6 is 0 Å². The first kappa shape index (κ1) is 13.9. The molecular weight excluding hydrogens is 264 g/mol. The van der Waals surface area contributed by atoms with Crippen LogP contribution in [0.2, 0.25) is 0 Å². The van der Waals surface area contributed by atoms with Crippen LogP contribution in [0.3, 0.4) is 0 Å². The first-order valence-corrected chi connectivity index (χ1v) is 5.98. The van der Waals surface area contributed by atoms with Gasteiger partial charge in [0.25, 0.3) is 0 Å². The molecule has 1 heterocycles. The molecule has 1 fully saturated rings. The molecule has 0 aliphatic carbocycles. The Kier molecular flexibility index (Phi) is 3.88. The van der Waals surface area contributed by atoms with E-state index < -0.39 is 24.1 Å². The van der Waals surface area contributed by atoms with Crippen LogP contribution in [-0.4, -0.2) is 52.6 Å². The highest BCUT2D eigenvalue weighted by Gasteiger charge is 2.42. The van der Waals surface area contributed by atoms with Gasteiger partial charge in [-0.25, -0.2) is 19.3 Å². The van der Waals surface area contributed by atoms with Crippen LogP contribution in [0.15, 0.2) is 30.3 Å². The maximum Gasteiger partial charge on any atom is 0.418 e. The average molecular weight is 278 g/mol. The minimum Gasteiger partial charge on any atom is -0.480 e. The smallest absolute Gasteiger partial charge is 0.418 e. The lowest BCUT2D eigenvalue weighted by atomic mass is 10.2. The molecule has 0 saturated carbocycles. The van der Waals surface area contributed by atoms with Crippen molar-refractivity contribution in [1.82, 2.24) is 9.80 Å². The maximum absolute atomic E-state index is 11.8. The molecule has 1 aliphatic rings. The van der Waals surface area contributed by atoms with Gasteiger partial charge >= 0.3 is 18.1 Å². The van der Waals surface area contributed by atoms with Crippen molar-refractivity contribution in [2.75, 3.05) is 13.6 Å². The van der Waals surface area contributed by atoms with E-state index in [0.717, 1.165) is 15.4 Å². The van der Waals surface area contributed by atoms with E-state index in [1.54, 1.807) is 24.3 Å². The van der Waals surface area contributed by atoms with Crippen molar-refractivity contribution in [3.8, 4) is 0 Å². The largest absolute Gasteiger partial charge is 0.480 e. The third-order valence-electron chi connectivity index (χ3n) is 3.07. The van der Waals surface area contributed by atoms with Crippen molar-refractivity contribution >= 4 is 18.1 Å². The van der Waals surface area contributed by atoms with Crippen LogP contribution in [0.25, 0.3) is 0 Å². The van der Waals surface area contributed by atoms with Gasteiger partial charge in [-0.15, -0.1) is 0 Å². The van der Waals surface area contributed by atoms with Crippen LogP contribution in [0.4, 0.5) is 9.59 Å². The van der Waals surface area contributed by atoms with Crippen molar-refractivity contribution < 1.29 is 24.2 Å². The molecule has 1 aromatic carbocycles. The summed E-state index contributed by atoms with van der Waals surface area (Å²) >= 11 is 0. The van der Waals surface area contributed by atoms with Crippen LogP contribution in [0.1, 0.15) is 5.56 Å². The Morgan fingerprint density at radius 2 is 2.00 bits per heavy atom. The average Bonchev–Trinajstić information content (AvgIpc) is 2.74. The summed E-state index contributed by atoms with van der Waals surface area (Å²) in [6.07, 6.45) is -0.838. The third kappa shape index (κ3) is 2.71. The molecule has 106 valence electrons. The standard InChI is InChI=1S/C13H14N2O5/c1-14-10(11(16)17)7-15(12(14)18)13(19)20-8-9-5-3-2-4-6-9/h2-6,10H,7-8H2,1H3,(H,16,17)/t10-/m1/s1. The van der Waals surface area contributed by atoms with E-state index in [0.29, 0.717) is 0 Å². The SMILES string of the molecule is CN1C(=O)N(C(=O)OCc2ccccc2)C[C@@H]1C(=O)O. The third-order valence-corrected chi connectivity index (χ3v) is 3.07. The zero-order valence-electron chi connectivity index (χ0n) is 10.9. The molecule has 2 rings (SSSR count). The highest BCUT2D eigenvalue weighted by molar-refractivity contribution is 5.96. The van der Waals surface area contributed by atoms with Crippen molar-refractivity contribution in [2.45, 2.75) is 12.6 Å². The van der Waals surface area contributed by atoms with Gasteiger partial charge in [-0.2, -0.15) is 0 Å². The van der Waals surface area contributed by atoms with Crippen LogP contribution in [0.5, 0.6) is 0 Å². The van der Waals surface area contributed by atoms with Crippen LogP contribution in [0, 0.1) is 0 Å². The minimum absolute atomic E-state index is 0.0326. The topological polar surface area (TPSA) is 87.2 Å². The van der Waals surface area contributed by atoms with E-state index in [-0.39, 0.29) is 13.2 Å². The summed E-state index contributed by atoms with van der Waals surface area (Å²) in [4.78, 5) is 36.3. The van der Waals surface area contributed by atoms with E-state index in [1.807, 2.05) is 6.07 Å². The van der Waals surface area contributed by atoms with Gasteiger partial charge in [0.1, 0.15) is 12.6 Å².